The zero-order valence-corrected chi connectivity index (χ0v) is 17.3. The minimum atomic E-state index is -3.87. The molecule has 0 aliphatic heterocycles. The minimum Gasteiger partial charge on any atom is -0.496 e. The number of nitrogens with one attached hydrogen (secondary N) is 1. The van der Waals surface area contributed by atoms with E-state index in [0.717, 1.165) is 5.56 Å². The number of sulfonamides is 1. The smallest absolute Gasteiger partial charge is 0.262 e. The monoisotopic (exact) mass is 417 g/mol. The summed E-state index contributed by atoms with van der Waals surface area (Å²) in [6.45, 7) is 3.51. The Morgan fingerprint density at radius 2 is 1.61 bits per heavy atom. The van der Waals surface area contributed by atoms with Crippen molar-refractivity contribution in [2.75, 3.05) is 11.8 Å². The van der Waals surface area contributed by atoms with Crippen molar-refractivity contribution >= 4 is 27.3 Å². The first-order valence-corrected chi connectivity index (χ1v) is 10.4. The zero-order chi connectivity index (χ0) is 20.3. The van der Waals surface area contributed by atoms with Gasteiger partial charge in [-0.25, -0.2) is 8.42 Å². The number of hydrogen-bond donors (Lipinski definition) is 1. The summed E-state index contributed by atoms with van der Waals surface area (Å²) >= 11 is 6.08. The maximum atomic E-state index is 13.0. The van der Waals surface area contributed by atoms with Gasteiger partial charge in [0.05, 0.1) is 17.7 Å². The fourth-order valence-electron chi connectivity index (χ4n) is 2.76. The van der Waals surface area contributed by atoms with Gasteiger partial charge in [-0.3, -0.25) is 4.72 Å². The van der Waals surface area contributed by atoms with E-state index < -0.39 is 10.0 Å². The fourth-order valence-corrected chi connectivity index (χ4v) is 4.30. The van der Waals surface area contributed by atoms with E-state index in [1.165, 1.54) is 6.07 Å². The van der Waals surface area contributed by atoms with Gasteiger partial charge in [-0.1, -0.05) is 29.8 Å². The number of halogens is 1. The van der Waals surface area contributed by atoms with Crippen molar-refractivity contribution in [3.8, 4) is 17.2 Å². The van der Waals surface area contributed by atoms with Crippen LogP contribution < -0.4 is 14.2 Å². The van der Waals surface area contributed by atoms with Crippen molar-refractivity contribution in [2.24, 2.45) is 0 Å². The molecule has 0 unspecified atom stereocenters. The Bertz CT molecular complexity index is 1100. The third-order valence-electron chi connectivity index (χ3n) is 4.14. The molecule has 0 fully saturated rings. The van der Waals surface area contributed by atoms with Crippen molar-refractivity contribution in [1.29, 1.82) is 0 Å². The summed E-state index contributed by atoms with van der Waals surface area (Å²) in [6.07, 6.45) is 0. The molecule has 5 nitrogen and oxygen atoms in total. The van der Waals surface area contributed by atoms with E-state index in [1.807, 2.05) is 18.2 Å². The molecule has 3 rings (SSSR count). The van der Waals surface area contributed by atoms with E-state index in [9.17, 15) is 8.42 Å². The van der Waals surface area contributed by atoms with Crippen LogP contribution in [0, 0.1) is 13.8 Å². The van der Waals surface area contributed by atoms with E-state index in [4.69, 9.17) is 21.1 Å². The molecule has 0 bridgehead atoms. The maximum Gasteiger partial charge on any atom is 0.262 e. The highest BCUT2D eigenvalue weighted by molar-refractivity contribution is 7.92. The molecule has 0 radical (unpaired) electrons. The summed E-state index contributed by atoms with van der Waals surface area (Å²) in [6, 6.07) is 17.2. The molecule has 3 aromatic carbocycles. The molecule has 3 aromatic rings. The van der Waals surface area contributed by atoms with Crippen molar-refractivity contribution in [3.05, 3.63) is 76.8 Å². The molecule has 146 valence electrons. The molecule has 0 atom stereocenters. The quantitative estimate of drug-likeness (QED) is 0.570. The lowest BCUT2D eigenvalue weighted by Gasteiger charge is -2.16. The molecule has 7 heteroatoms. The average molecular weight is 418 g/mol. The maximum absolute atomic E-state index is 13.0. The summed E-state index contributed by atoms with van der Waals surface area (Å²) in [7, 11) is -2.32. The van der Waals surface area contributed by atoms with Gasteiger partial charge in [-0.15, -0.1) is 0 Å². The van der Waals surface area contributed by atoms with Crippen LogP contribution in [0.5, 0.6) is 17.2 Å². The normalized spacial score (nSPS) is 11.1. The number of hydrogen-bond acceptors (Lipinski definition) is 4. The highest BCUT2D eigenvalue weighted by Gasteiger charge is 2.21. The number of benzene rings is 3. The molecular weight excluding hydrogens is 398 g/mol. The Kier molecular flexibility index (Phi) is 5.82. The van der Waals surface area contributed by atoms with E-state index in [0.29, 0.717) is 27.8 Å². The van der Waals surface area contributed by atoms with Crippen LogP contribution in [-0.2, 0) is 10.0 Å². The van der Waals surface area contributed by atoms with Crippen LogP contribution >= 0.6 is 11.6 Å². The lowest BCUT2D eigenvalue weighted by Crippen LogP contribution is -2.15. The van der Waals surface area contributed by atoms with E-state index in [2.05, 4.69) is 4.72 Å². The highest BCUT2D eigenvalue weighted by atomic mass is 35.5. The molecule has 0 spiro atoms. The molecule has 0 heterocycles. The van der Waals surface area contributed by atoms with Crippen molar-refractivity contribution in [3.63, 3.8) is 0 Å². The Balaban J connectivity index is 1.99. The summed E-state index contributed by atoms with van der Waals surface area (Å²) in [5.41, 5.74) is 1.55. The number of para-hydroxylation sites is 1. The molecule has 0 aliphatic carbocycles. The van der Waals surface area contributed by atoms with Crippen LogP contribution in [0.2, 0.25) is 5.02 Å². The predicted molar refractivity (Wildman–Crippen MR) is 111 cm³/mol. The summed E-state index contributed by atoms with van der Waals surface area (Å²) in [5, 5.41) is 0.390. The van der Waals surface area contributed by atoms with Gasteiger partial charge in [0.15, 0.2) is 5.75 Å². The molecule has 0 aromatic heterocycles. The Morgan fingerprint density at radius 1 is 0.893 bits per heavy atom. The number of anilines is 1. The number of rotatable bonds is 6. The van der Waals surface area contributed by atoms with Crippen LogP contribution in [0.15, 0.2) is 65.6 Å². The van der Waals surface area contributed by atoms with Gasteiger partial charge in [0, 0.05) is 5.02 Å². The largest absolute Gasteiger partial charge is 0.496 e. The Morgan fingerprint density at radius 3 is 2.29 bits per heavy atom. The van der Waals surface area contributed by atoms with Gasteiger partial charge >= 0.3 is 0 Å². The van der Waals surface area contributed by atoms with Crippen LogP contribution in [0.1, 0.15) is 11.1 Å². The average Bonchev–Trinajstić information content (AvgIpc) is 2.66. The van der Waals surface area contributed by atoms with E-state index >= 15 is 0 Å². The third kappa shape index (κ3) is 4.40. The van der Waals surface area contributed by atoms with Gasteiger partial charge in [0.1, 0.15) is 11.5 Å². The van der Waals surface area contributed by atoms with Gasteiger partial charge in [0.2, 0.25) is 0 Å². The molecule has 28 heavy (non-hydrogen) atoms. The van der Waals surface area contributed by atoms with Crippen molar-refractivity contribution in [1.82, 2.24) is 0 Å². The number of aryl methyl sites for hydroxylation is 2. The molecule has 0 saturated heterocycles. The first kappa shape index (κ1) is 20.0. The minimum absolute atomic E-state index is 0.163. The van der Waals surface area contributed by atoms with E-state index in [-0.39, 0.29) is 10.6 Å². The van der Waals surface area contributed by atoms with Crippen LogP contribution in [-0.4, -0.2) is 15.5 Å². The van der Waals surface area contributed by atoms with Crippen LogP contribution in [0.3, 0.4) is 0 Å². The second-order valence-electron chi connectivity index (χ2n) is 6.25. The highest BCUT2D eigenvalue weighted by Crippen LogP contribution is 2.34. The fraction of sp³-hybridized carbons (Fsp3) is 0.143. The van der Waals surface area contributed by atoms with Crippen LogP contribution in [0.4, 0.5) is 5.69 Å². The molecule has 0 saturated carbocycles. The van der Waals surface area contributed by atoms with Gasteiger partial charge in [-0.05, 0) is 67.4 Å². The number of methoxy groups -OCH3 is 1. The summed E-state index contributed by atoms with van der Waals surface area (Å²) in [5.74, 6) is 1.57. The molecular formula is C21H20ClNO4S. The lowest BCUT2D eigenvalue weighted by atomic mass is 10.1. The zero-order valence-electron chi connectivity index (χ0n) is 15.7. The van der Waals surface area contributed by atoms with Gasteiger partial charge in [-0.2, -0.15) is 0 Å². The number of ether oxygens (including phenoxy) is 2. The Hall–Kier alpha value is -2.70. The topological polar surface area (TPSA) is 64.6 Å². The van der Waals surface area contributed by atoms with Gasteiger partial charge < -0.3 is 9.47 Å². The van der Waals surface area contributed by atoms with Crippen molar-refractivity contribution in [2.45, 2.75) is 18.7 Å². The van der Waals surface area contributed by atoms with Gasteiger partial charge in [0.25, 0.3) is 10.0 Å². The molecule has 0 aliphatic rings. The SMILES string of the molecule is COc1cc(C)c(S(=O)(=O)Nc2cc(Cl)ccc2Oc2ccccc2)cc1C. The predicted octanol–water partition coefficient (Wildman–Crippen LogP) is 5.56. The molecule has 1 N–H and O–H groups in total. The second-order valence-corrected chi connectivity index (χ2v) is 8.34. The standard InChI is InChI=1S/C21H20ClNO4S/c1-14-12-21(15(2)11-20(14)26-3)28(24,25)23-18-13-16(22)9-10-19(18)27-17-7-5-4-6-8-17/h4-13,23H,1-3H3. The second kappa shape index (κ2) is 8.12. The summed E-state index contributed by atoms with van der Waals surface area (Å²) < 4.78 is 39.8. The van der Waals surface area contributed by atoms with Crippen molar-refractivity contribution < 1.29 is 17.9 Å². The molecule has 0 amide bonds. The van der Waals surface area contributed by atoms with Crippen LogP contribution in [0.25, 0.3) is 0 Å². The first-order valence-electron chi connectivity index (χ1n) is 8.50. The Labute approximate surface area is 169 Å². The summed E-state index contributed by atoms with van der Waals surface area (Å²) in [4.78, 5) is 0.163. The lowest BCUT2D eigenvalue weighted by molar-refractivity contribution is 0.411. The first-order chi connectivity index (χ1) is 13.3. The third-order valence-corrected chi connectivity index (χ3v) is 5.88. The van der Waals surface area contributed by atoms with E-state index in [1.54, 1.807) is 57.4 Å².